The van der Waals surface area contributed by atoms with Crippen LogP contribution >= 0.6 is 0 Å². The molecule has 0 unspecified atom stereocenters. The van der Waals surface area contributed by atoms with Crippen molar-refractivity contribution in [2.45, 2.75) is 13.3 Å². The number of aryl methyl sites for hydroxylation is 2. The largest absolute Gasteiger partial charge is 0.491 e. The Hall–Kier alpha value is -4.07. The quantitative estimate of drug-likeness (QED) is 0.430. The van der Waals surface area contributed by atoms with Gasteiger partial charge in [-0.1, -0.05) is 42.5 Å². The first-order valence-corrected chi connectivity index (χ1v) is 10.4. The van der Waals surface area contributed by atoms with Crippen LogP contribution in [0, 0.1) is 6.92 Å². The lowest BCUT2D eigenvalue weighted by molar-refractivity contribution is 0.321. The molecule has 3 heterocycles. The molecule has 0 aliphatic heterocycles. The highest BCUT2D eigenvalue weighted by Gasteiger charge is 2.21. The van der Waals surface area contributed by atoms with E-state index in [9.17, 15) is 9.59 Å². The number of aromatic nitrogens is 5. The van der Waals surface area contributed by atoms with Crippen LogP contribution in [-0.2, 0) is 20.5 Å². The highest BCUT2D eigenvalue weighted by atomic mass is 16.5. The third kappa shape index (κ3) is 3.03. The van der Waals surface area contributed by atoms with Gasteiger partial charge in [-0.05, 0) is 24.6 Å². The van der Waals surface area contributed by atoms with Crippen molar-refractivity contribution in [2.24, 2.45) is 14.1 Å². The maximum Gasteiger partial charge on any atom is 0.332 e. The number of ether oxygens (including phenoxy) is 1. The van der Waals surface area contributed by atoms with Crippen LogP contribution in [0.4, 0.5) is 0 Å². The first-order chi connectivity index (χ1) is 15.5. The fraction of sp³-hybridized carbons (Fsp3) is 0.208. The molecule has 0 aliphatic rings. The maximum absolute atomic E-state index is 12.8. The van der Waals surface area contributed by atoms with E-state index in [1.165, 1.54) is 17.2 Å². The Morgan fingerprint density at radius 1 is 0.938 bits per heavy atom. The number of benzene rings is 2. The van der Waals surface area contributed by atoms with Crippen LogP contribution in [0.25, 0.3) is 22.6 Å². The zero-order valence-corrected chi connectivity index (χ0v) is 18.1. The van der Waals surface area contributed by atoms with Gasteiger partial charge in [-0.3, -0.25) is 22.9 Å². The highest BCUT2D eigenvalue weighted by Crippen LogP contribution is 2.28. The smallest absolute Gasteiger partial charge is 0.332 e. The number of nitrogens with zero attached hydrogens (tertiary/aromatic N) is 5. The molecule has 0 atom stereocenters. The summed E-state index contributed by atoms with van der Waals surface area (Å²) in [4.78, 5) is 29.9. The van der Waals surface area contributed by atoms with Gasteiger partial charge < -0.3 is 4.74 Å². The summed E-state index contributed by atoms with van der Waals surface area (Å²) in [6, 6.07) is 17.9. The molecular weight excluding hydrogens is 406 g/mol. The fourth-order valence-electron chi connectivity index (χ4n) is 4.07. The van der Waals surface area contributed by atoms with Crippen LogP contribution in [-0.4, -0.2) is 29.7 Å². The van der Waals surface area contributed by atoms with Gasteiger partial charge in [-0.15, -0.1) is 0 Å². The molecule has 32 heavy (non-hydrogen) atoms. The molecule has 0 saturated heterocycles. The molecular formula is C24H23N5O3. The molecule has 0 saturated carbocycles. The van der Waals surface area contributed by atoms with Crippen molar-refractivity contribution in [2.75, 3.05) is 6.61 Å². The molecule has 0 amide bonds. The Morgan fingerprint density at radius 3 is 2.44 bits per heavy atom. The zero-order chi connectivity index (χ0) is 22.4. The first kappa shape index (κ1) is 19.9. The van der Waals surface area contributed by atoms with Gasteiger partial charge in [0.1, 0.15) is 5.75 Å². The van der Waals surface area contributed by atoms with Gasteiger partial charge in [-0.2, -0.15) is 4.98 Å². The topological polar surface area (TPSA) is 75.5 Å². The Kier molecular flexibility index (Phi) is 4.70. The normalized spacial score (nSPS) is 11.5. The van der Waals surface area contributed by atoms with E-state index < -0.39 is 5.69 Å². The second kappa shape index (κ2) is 7.56. The van der Waals surface area contributed by atoms with Gasteiger partial charge in [-0.25, -0.2) is 4.79 Å². The van der Waals surface area contributed by atoms with Gasteiger partial charge >= 0.3 is 5.69 Å². The summed E-state index contributed by atoms with van der Waals surface area (Å²) in [6.45, 7) is 2.48. The van der Waals surface area contributed by atoms with Crippen molar-refractivity contribution in [3.63, 3.8) is 0 Å². The fourth-order valence-corrected chi connectivity index (χ4v) is 4.07. The van der Waals surface area contributed by atoms with E-state index in [-0.39, 0.29) is 5.56 Å². The highest BCUT2D eigenvalue weighted by molar-refractivity contribution is 5.76. The maximum atomic E-state index is 12.8. The van der Waals surface area contributed by atoms with E-state index in [0.29, 0.717) is 23.5 Å². The SMILES string of the molecule is Cc1cn2c3c(=O)n(C)c(=O)n(C)c3nc2n1-c1ccccc1OCCc1ccccc1. The third-order valence-electron chi connectivity index (χ3n) is 5.74. The van der Waals surface area contributed by atoms with Gasteiger partial charge in [0.2, 0.25) is 5.78 Å². The van der Waals surface area contributed by atoms with Crippen molar-refractivity contribution < 1.29 is 4.74 Å². The molecule has 0 radical (unpaired) electrons. The van der Waals surface area contributed by atoms with Gasteiger partial charge in [0, 0.05) is 32.4 Å². The molecule has 8 heteroatoms. The molecule has 0 fully saturated rings. The molecule has 2 aromatic carbocycles. The zero-order valence-electron chi connectivity index (χ0n) is 18.1. The van der Waals surface area contributed by atoms with Crippen molar-refractivity contribution >= 4 is 16.9 Å². The van der Waals surface area contributed by atoms with E-state index in [1.807, 2.05) is 60.2 Å². The number of rotatable bonds is 5. The molecule has 0 spiro atoms. The summed E-state index contributed by atoms with van der Waals surface area (Å²) in [5.74, 6) is 1.27. The van der Waals surface area contributed by atoms with Crippen LogP contribution in [0.15, 0.2) is 70.4 Å². The summed E-state index contributed by atoms with van der Waals surface area (Å²) < 4.78 is 12.3. The van der Waals surface area contributed by atoms with Gasteiger partial charge in [0.25, 0.3) is 5.56 Å². The van der Waals surface area contributed by atoms with Crippen molar-refractivity contribution in [1.29, 1.82) is 0 Å². The molecule has 0 N–H and O–H groups in total. The Balaban J connectivity index is 1.62. The van der Waals surface area contributed by atoms with Crippen LogP contribution in [0.3, 0.4) is 0 Å². The Labute approximate surface area is 183 Å². The number of fused-ring (bicyclic) bond motifs is 3. The Morgan fingerprint density at radius 2 is 1.66 bits per heavy atom. The average molecular weight is 429 g/mol. The van der Waals surface area contributed by atoms with Crippen molar-refractivity contribution in [1.82, 2.24) is 23.1 Å². The minimum Gasteiger partial charge on any atom is -0.491 e. The number of hydrogen-bond acceptors (Lipinski definition) is 4. The number of hydrogen-bond donors (Lipinski definition) is 0. The molecule has 162 valence electrons. The lowest BCUT2D eigenvalue weighted by Gasteiger charge is -2.13. The van der Waals surface area contributed by atoms with Crippen molar-refractivity contribution in [3.8, 4) is 11.4 Å². The van der Waals surface area contributed by atoms with Crippen LogP contribution in [0.5, 0.6) is 5.75 Å². The minimum atomic E-state index is -0.406. The summed E-state index contributed by atoms with van der Waals surface area (Å²) >= 11 is 0. The second-order valence-corrected chi connectivity index (χ2v) is 7.82. The van der Waals surface area contributed by atoms with E-state index in [0.717, 1.165) is 28.1 Å². The molecule has 0 aliphatic carbocycles. The van der Waals surface area contributed by atoms with Gasteiger partial charge in [0.15, 0.2) is 11.2 Å². The van der Waals surface area contributed by atoms with E-state index in [1.54, 1.807) is 11.4 Å². The van der Waals surface area contributed by atoms with E-state index in [2.05, 4.69) is 17.1 Å². The lowest BCUT2D eigenvalue weighted by Crippen LogP contribution is -2.37. The Bertz CT molecular complexity index is 1570. The number of para-hydroxylation sites is 2. The van der Waals surface area contributed by atoms with Crippen molar-refractivity contribution in [3.05, 3.63) is 92.9 Å². The summed E-state index contributed by atoms with van der Waals surface area (Å²) in [5.41, 5.74) is 2.87. The predicted molar refractivity (Wildman–Crippen MR) is 123 cm³/mol. The third-order valence-corrected chi connectivity index (χ3v) is 5.74. The molecule has 8 nitrogen and oxygen atoms in total. The second-order valence-electron chi connectivity index (χ2n) is 7.82. The van der Waals surface area contributed by atoms with Crippen LogP contribution in [0.2, 0.25) is 0 Å². The summed E-state index contributed by atoms with van der Waals surface area (Å²) in [7, 11) is 3.09. The van der Waals surface area contributed by atoms with Crippen LogP contribution < -0.4 is 16.0 Å². The first-order valence-electron chi connectivity index (χ1n) is 10.4. The predicted octanol–water partition coefficient (Wildman–Crippen LogP) is 2.61. The summed E-state index contributed by atoms with van der Waals surface area (Å²) in [6.07, 6.45) is 2.65. The molecule has 5 rings (SSSR count). The standard InChI is InChI=1S/C24H23N5O3/c1-16-15-28-20-21(26(2)24(31)27(3)22(20)30)25-23(28)29(16)18-11-7-8-12-19(18)32-14-13-17-9-5-4-6-10-17/h4-12,15H,13-14H2,1-3H3. The summed E-state index contributed by atoms with van der Waals surface area (Å²) in [5, 5.41) is 0. The lowest BCUT2D eigenvalue weighted by atomic mass is 10.2. The monoisotopic (exact) mass is 429 g/mol. The van der Waals surface area contributed by atoms with E-state index in [4.69, 9.17) is 4.74 Å². The minimum absolute atomic E-state index is 0.351. The average Bonchev–Trinajstić information content (AvgIpc) is 3.32. The molecule has 0 bridgehead atoms. The number of imidazole rings is 2. The van der Waals surface area contributed by atoms with Gasteiger partial charge in [0.05, 0.1) is 12.3 Å². The molecule has 3 aromatic heterocycles. The van der Waals surface area contributed by atoms with E-state index >= 15 is 0 Å². The molecule has 5 aromatic rings. The van der Waals surface area contributed by atoms with Crippen LogP contribution in [0.1, 0.15) is 11.3 Å².